The standard InChI is InChI=1S/C23H30FN5O3S/c1-4-5-18-21(31)28(19(20(30)26-3)12-17-13-33-14-27-17)10-11-29(18)22(32)23(2,25)15-6-8-16(24)9-7-15/h6-9,13-14,18-19H,4-5,10-12,25H2,1-3H3,(H,26,30)/t18-,19?,23?/m1/s1. The molecule has 1 aromatic carbocycles. The third kappa shape index (κ3) is 5.22. The number of nitrogens with zero attached hydrogens (tertiary/aromatic N) is 3. The van der Waals surface area contributed by atoms with Gasteiger partial charge in [-0.2, -0.15) is 0 Å². The number of thiazole rings is 1. The zero-order valence-corrected chi connectivity index (χ0v) is 19.9. The fourth-order valence-corrected chi connectivity index (χ4v) is 4.75. The highest BCUT2D eigenvalue weighted by Gasteiger charge is 2.45. The first-order chi connectivity index (χ1) is 15.7. The van der Waals surface area contributed by atoms with Crippen LogP contribution in [-0.4, -0.2) is 64.7 Å². The van der Waals surface area contributed by atoms with Crippen LogP contribution in [0.25, 0.3) is 0 Å². The van der Waals surface area contributed by atoms with E-state index in [1.807, 2.05) is 12.3 Å². The van der Waals surface area contributed by atoms with Crippen molar-refractivity contribution < 1.29 is 18.8 Å². The first-order valence-electron chi connectivity index (χ1n) is 11.0. The average Bonchev–Trinajstić information content (AvgIpc) is 3.32. The molecule has 3 N–H and O–H groups in total. The maximum Gasteiger partial charge on any atom is 0.247 e. The number of carbonyl (C=O) groups excluding carboxylic acids is 3. The third-order valence-electron chi connectivity index (χ3n) is 6.05. The van der Waals surface area contributed by atoms with Crippen molar-refractivity contribution in [3.05, 3.63) is 52.2 Å². The van der Waals surface area contributed by atoms with Gasteiger partial charge in [-0.25, -0.2) is 9.37 Å². The van der Waals surface area contributed by atoms with Crippen LogP contribution in [0.1, 0.15) is 37.9 Å². The number of piperazine rings is 1. The summed E-state index contributed by atoms with van der Waals surface area (Å²) in [5.41, 5.74) is 7.87. The number of halogens is 1. The molecular weight excluding hydrogens is 445 g/mol. The van der Waals surface area contributed by atoms with E-state index in [2.05, 4.69) is 10.3 Å². The molecular formula is C23H30FN5O3S. The molecule has 2 unspecified atom stereocenters. The van der Waals surface area contributed by atoms with Crippen LogP contribution in [0, 0.1) is 5.82 Å². The molecule has 2 heterocycles. The molecule has 0 radical (unpaired) electrons. The Labute approximate surface area is 197 Å². The number of likely N-dealkylation sites (N-methyl/N-ethyl adjacent to an activating group) is 1. The molecule has 0 saturated carbocycles. The van der Waals surface area contributed by atoms with Gasteiger partial charge in [-0.05, 0) is 31.0 Å². The van der Waals surface area contributed by atoms with Crippen LogP contribution in [0.15, 0.2) is 35.2 Å². The van der Waals surface area contributed by atoms with Gasteiger partial charge in [0, 0.05) is 31.9 Å². The van der Waals surface area contributed by atoms with E-state index >= 15 is 0 Å². The number of nitrogens with one attached hydrogen (secondary N) is 1. The van der Waals surface area contributed by atoms with E-state index in [0.29, 0.717) is 24.8 Å². The molecule has 1 aromatic heterocycles. The van der Waals surface area contributed by atoms with Gasteiger partial charge in [0.1, 0.15) is 23.4 Å². The summed E-state index contributed by atoms with van der Waals surface area (Å²) >= 11 is 1.43. The first-order valence-corrected chi connectivity index (χ1v) is 11.9. The highest BCUT2D eigenvalue weighted by molar-refractivity contribution is 7.07. The molecule has 1 aliphatic rings. The highest BCUT2D eigenvalue weighted by atomic mass is 32.1. The second-order valence-corrected chi connectivity index (χ2v) is 9.08. The number of hydrogen-bond donors (Lipinski definition) is 2. The maximum absolute atomic E-state index is 13.6. The lowest BCUT2D eigenvalue weighted by atomic mass is 9.89. The van der Waals surface area contributed by atoms with Gasteiger partial charge in [0.2, 0.25) is 17.7 Å². The summed E-state index contributed by atoms with van der Waals surface area (Å²) in [7, 11) is 1.53. The third-order valence-corrected chi connectivity index (χ3v) is 6.68. The smallest absolute Gasteiger partial charge is 0.247 e. The predicted molar refractivity (Wildman–Crippen MR) is 124 cm³/mol. The van der Waals surface area contributed by atoms with Crippen LogP contribution >= 0.6 is 11.3 Å². The van der Waals surface area contributed by atoms with Gasteiger partial charge in [-0.1, -0.05) is 25.5 Å². The summed E-state index contributed by atoms with van der Waals surface area (Å²) in [6.45, 7) is 3.94. The Hall–Kier alpha value is -2.85. The van der Waals surface area contributed by atoms with Gasteiger partial charge < -0.3 is 20.9 Å². The minimum atomic E-state index is -1.43. The summed E-state index contributed by atoms with van der Waals surface area (Å²) < 4.78 is 13.4. The van der Waals surface area contributed by atoms with E-state index in [4.69, 9.17) is 5.73 Å². The van der Waals surface area contributed by atoms with Gasteiger partial charge in [0.15, 0.2) is 0 Å². The Kier molecular flexibility index (Phi) is 7.80. The molecule has 10 heteroatoms. The molecule has 1 fully saturated rings. The van der Waals surface area contributed by atoms with Crippen LogP contribution in [0.5, 0.6) is 0 Å². The number of benzene rings is 1. The van der Waals surface area contributed by atoms with Crippen molar-refractivity contribution in [1.29, 1.82) is 0 Å². The van der Waals surface area contributed by atoms with E-state index in [0.717, 1.165) is 5.69 Å². The first kappa shape index (κ1) is 24.8. The normalized spacial score (nSPS) is 19.2. The Morgan fingerprint density at radius 1 is 1.33 bits per heavy atom. The van der Waals surface area contributed by atoms with Crippen molar-refractivity contribution in [3.63, 3.8) is 0 Å². The summed E-state index contributed by atoms with van der Waals surface area (Å²) in [6, 6.07) is 4.02. The second-order valence-electron chi connectivity index (χ2n) is 8.36. The number of hydrogen-bond acceptors (Lipinski definition) is 6. The number of amides is 3. The van der Waals surface area contributed by atoms with Crippen LogP contribution < -0.4 is 11.1 Å². The molecule has 33 heavy (non-hydrogen) atoms. The van der Waals surface area contributed by atoms with Crippen molar-refractivity contribution in [2.24, 2.45) is 5.73 Å². The quantitative estimate of drug-likeness (QED) is 0.604. The molecule has 1 aliphatic heterocycles. The van der Waals surface area contributed by atoms with Crippen molar-refractivity contribution in [3.8, 4) is 0 Å². The fraction of sp³-hybridized carbons (Fsp3) is 0.478. The number of rotatable bonds is 8. The molecule has 0 bridgehead atoms. The van der Waals surface area contributed by atoms with Gasteiger partial charge in [0.05, 0.1) is 11.2 Å². The fourth-order valence-electron chi connectivity index (χ4n) is 4.18. The van der Waals surface area contributed by atoms with E-state index < -0.39 is 29.3 Å². The minimum Gasteiger partial charge on any atom is -0.357 e. The van der Waals surface area contributed by atoms with Crippen molar-refractivity contribution >= 4 is 29.1 Å². The topological polar surface area (TPSA) is 109 Å². The Morgan fingerprint density at radius 3 is 2.61 bits per heavy atom. The molecule has 0 spiro atoms. The number of nitrogens with two attached hydrogens (primary N) is 1. The van der Waals surface area contributed by atoms with E-state index in [9.17, 15) is 18.8 Å². The summed E-state index contributed by atoms with van der Waals surface area (Å²) in [5.74, 6) is -1.39. The van der Waals surface area contributed by atoms with Gasteiger partial charge in [0.25, 0.3) is 0 Å². The van der Waals surface area contributed by atoms with Crippen LogP contribution in [0.3, 0.4) is 0 Å². The molecule has 3 rings (SSSR count). The second kappa shape index (κ2) is 10.4. The highest BCUT2D eigenvalue weighted by Crippen LogP contribution is 2.27. The minimum absolute atomic E-state index is 0.201. The summed E-state index contributed by atoms with van der Waals surface area (Å²) in [6.07, 6.45) is 1.41. The summed E-state index contributed by atoms with van der Waals surface area (Å²) in [5, 5.41) is 4.49. The lowest BCUT2D eigenvalue weighted by Crippen LogP contribution is -2.66. The van der Waals surface area contributed by atoms with Crippen LogP contribution in [0.2, 0.25) is 0 Å². The molecule has 2 aromatic rings. The lowest BCUT2D eigenvalue weighted by molar-refractivity contribution is -0.158. The van der Waals surface area contributed by atoms with Crippen molar-refractivity contribution in [2.75, 3.05) is 20.1 Å². The lowest BCUT2D eigenvalue weighted by Gasteiger charge is -2.45. The van der Waals surface area contributed by atoms with Gasteiger partial charge in [-0.15, -0.1) is 11.3 Å². The molecule has 3 amide bonds. The largest absolute Gasteiger partial charge is 0.357 e. The van der Waals surface area contributed by atoms with Crippen molar-refractivity contribution in [1.82, 2.24) is 20.1 Å². The number of aromatic nitrogens is 1. The van der Waals surface area contributed by atoms with Gasteiger partial charge in [-0.3, -0.25) is 14.4 Å². The van der Waals surface area contributed by atoms with Crippen molar-refractivity contribution in [2.45, 2.75) is 50.7 Å². The Bertz CT molecular complexity index is 980. The SMILES string of the molecule is CCC[C@@H]1C(=O)N(C(Cc2cscn2)C(=O)NC)CCN1C(=O)C(C)(N)c1ccc(F)cc1. The molecule has 0 aliphatic carbocycles. The zero-order chi connectivity index (χ0) is 24.2. The number of carbonyl (C=O) groups is 3. The summed E-state index contributed by atoms with van der Waals surface area (Å²) in [4.78, 5) is 47.1. The monoisotopic (exact) mass is 475 g/mol. The Morgan fingerprint density at radius 2 is 2.03 bits per heavy atom. The molecule has 178 valence electrons. The van der Waals surface area contributed by atoms with E-state index in [1.54, 1.807) is 17.3 Å². The zero-order valence-electron chi connectivity index (χ0n) is 19.1. The average molecular weight is 476 g/mol. The predicted octanol–water partition coefficient (Wildman–Crippen LogP) is 1.65. The molecule has 8 nitrogen and oxygen atoms in total. The Balaban J connectivity index is 1.87. The maximum atomic E-state index is 13.6. The molecule has 1 saturated heterocycles. The molecule has 3 atom stereocenters. The van der Waals surface area contributed by atoms with E-state index in [1.165, 1.54) is 47.5 Å². The van der Waals surface area contributed by atoms with Crippen LogP contribution in [-0.2, 0) is 26.3 Å². The van der Waals surface area contributed by atoms with Gasteiger partial charge >= 0.3 is 0 Å². The van der Waals surface area contributed by atoms with E-state index in [-0.39, 0.29) is 24.9 Å². The van der Waals surface area contributed by atoms with Crippen LogP contribution in [0.4, 0.5) is 4.39 Å².